The molecule has 1 unspecified atom stereocenters. The van der Waals surface area contributed by atoms with Crippen LogP contribution >= 0.6 is 11.3 Å². The highest BCUT2D eigenvalue weighted by Crippen LogP contribution is 2.36. The molecule has 5 nitrogen and oxygen atoms in total. The van der Waals surface area contributed by atoms with Gasteiger partial charge in [-0.25, -0.2) is 8.78 Å². The first kappa shape index (κ1) is 16.7. The molecule has 1 aliphatic heterocycles. The molecule has 0 bridgehead atoms. The topological polar surface area (TPSA) is 55.6 Å². The molecule has 1 aliphatic rings. The predicted octanol–water partition coefficient (Wildman–Crippen LogP) is 4.18. The summed E-state index contributed by atoms with van der Waals surface area (Å²) in [5.74, 6) is -1.65. The number of likely N-dealkylation sites (tertiary alicyclic amines) is 1. The lowest BCUT2D eigenvalue weighted by Gasteiger charge is -2.39. The Morgan fingerprint density at radius 2 is 2.19 bits per heavy atom. The molecule has 8 heteroatoms. The second kappa shape index (κ2) is 6.87. The Balaban J connectivity index is 1.39. The number of rotatable bonds is 5. The fraction of sp³-hybridized carbons (Fsp3) is 0.222. The van der Waals surface area contributed by atoms with Crippen LogP contribution in [0.15, 0.2) is 46.3 Å². The van der Waals surface area contributed by atoms with Crippen molar-refractivity contribution in [2.75, 3.05) is 6.54 Å². The summed E-state index contributed by atoms with van der Waals surface area (Å²) in [6, 6.07) is 8.81. The van der Waals surface area contributed by atoms with E-state index in [0.717, 1.165) is 23.4 Å². The van der Waals surface area contributed by atoms with Gasteiger partial charge in [-0.05, 0) is 30.0 Å². The molecule has 3 heterocycles. The van der Waals surface area contributed by atoms with Crippen molar-refractivity contribution < 1.29 is 22.8 Å². The van der Waals surface area contributed by atoms with Crippen molar-refractivity contribution >= 4 is 17.2 Å². The normalized spacial score (nSPS) is 16.4. The molecule has 0 radical (unpaired) electrons. The van der Waals surface area contributed by atoms with Crippen molar-refractivity contribution in [3.63, 3.8) is 0 Å². The number of hydrogen-bond acceptors (Lipinski definition) is 5. The fourth-order valence-electron chi connectivity index (χ4n) is 2.76. The average Bonchev–Trinajstić information content (AvgIpc) is 3.27. The highest BCUT2D eigenvalue weighted by atomic mass is 32.1. The van der Waals surface area contributed by atoms with Crippen LogP contribution in [0.2, 0.25) is 0 Å². The molecular weight excluding hydrogens is 362 g/mol. The van der Waals surface area contributed by atoms with E-state index in [2.05, 4.69) is 5.16 Å². The zero-order chi connectivity index (χ0) is 18.1. The number of halogens is 2. The van der Waals surface area contributed by atoms with Crippen molar-refractivity contribution in [2.24, 2.45) is 0 Å². The highest BCUT2D eigenvalue weighted by Gasteiger charge is 2.35. The van der Waals surface area contributed by atoms with Crippen LogP contribution in [0.3, 0.4) is 0 Å². The van der Waals surface area contributed by atoms with Crippen LogP contribution in [0.1, 0.15) is 33.6 Å². The molecule has 1 saturated heterocycles. The monoisotopic (exact) mass is 376 g/mol. The fourth-order valence-corrected chi connectivity index (χ4v) is 3.63. The molecule has 3 aromatic rings. The predicted molar refractivity (Wildman–Crippen MR) is 89.9 cm³/mol. The second-order valence-corrected chi connectivity index (χ2v) is 6.84. The first-order chi connectivity index (χ1) is 12.6. The van der Waals surface area contributed by atoms with Crippen LogP contribution in [0.25, 0.3) is 0 Å². The average molecular weight is 376 g/mol. The van der Waals surface area contributed by atoms with E-state index in [1.807, 2.05) is 17.5 Å². The highest BCUT2D eigenvalue weighted by molar-refractivity contribution is 7.10. The van der Waals surface area contributed by atoms with Gasteiger partial charge in [0.05, 0.1) is 6.04 Å². The number of ether oxygens (including phenoxy) is 1. The van der Waals surface area contributed by atoms with Gasteiger partial charge >= 0.3 is 0 Å². The van der Waals surface area contributed by atoms with Crippen LogP contribution in [0, 0.1) is 11.6 Å². The van der Waals surface area contributed by atoms with Gasteiger partial charge in [0, 0.05) is 23.6 Å². The smallest absolute Gasteiger partial charge is 0.276 e. The maximum absolute atomic E-state index is 13.2. The third-order valence-corrected chi connectivity index (χ3v) is 5.18. The molecule has 0 aliphatic carbocycles. The summed E-state index contributed by atoms with van der Waals surface area (Å²) in [6.45, 7) is 0.634. The van der Waals surface area contributed by atoms with Crippen molar-refractivity contribution in [2.45, 2.75) is 19.1 Å². The molecule has 1 atom stereocenters. The van der Waals surface area contributed by atoms with Crippen molar-refractivity contribution in [3.05, 3.63) is 69.7 Å². The van der Waals surface area contributed by atoms with Crippen LogP contribution < -0.4 is 4.74 Å². The zero-order valence-corrected chi connectivity index (χ0v) is 14.3. The Labute approximate surface area is 151 Å². The second-order valence-electron chi connectivity index (χ2n) is 5.86. The van der Waals surface area contributed by atoms with Crippen LogP contribution in [-0.2, 0) is 6.61 Å². The van der Waals surface area contributed by atoms with Crippen LogP contribution in [0.4, 0.5) is 8.78 Å². The minimum atomic E-state index is -0.992. The van der Waals surface area contributed by atoms with Gasteiger partial charge in [-0.2, -0.15) is 0 Å². The number of carbonyl (C=O) groups is 1. The molecule has 0 spiro atoms. The summed E-state index contributed by atoms with van der Waals surface area (Å²) < 4.78 is 36.5. The Morgan fingerprint density at radius 3 is 2.88 bits per heavy atom. The number of thiophene rings is 1. The van der Waals surface area contributed by atoms with Crippen molar-refractivity contribution in [3.8, 4) is 5.75 Å². The summed E-state index contributed by atoms with van der Waals surface area (Å²) >= 11 is 1.62. The summed E-state index contributed by atoms with van der Waals surface area (Å²) in [4.78, 5) is 15.5. The Hall–Kier alpha value is -2.74. The maximum Gasteiger partial charge on any atom is 0.276 e. The lowest BCUT2D eigenvalue weighted by atomic mass is 10.0. The van der Waals surface area contributed by atoms with Gasteiger partial charge < -0.3 is 14.2 Å². The van der Waals surface area contributed by atoms with Gasteiger partial charge in [0.15, 0.2) is 23.1 Å². The lowest BCUT2D eigenvalue weighted by Crippen LogP contribution is -2.44. The molecule has 0 saturated carbocycles. The van der Waals surface area contributed by atoms with E-state index in [9.17, 15) is 13.6 Å². The molecule has 134 valence electrons. The maximum atomic E-state index is 13.2. The number of amides is 1. The van der Waals surface area contributed by atoms with Gasteiger partial charge in [0.2, 0.25) is 0 Å². The third-order valence-electron chi connectivity index (χ3n) is 4.20. The molecule has 1 aromatic carbocycles. The molecule has 2 aromatic heterocycles. The quantitative estimate of drug-likeness (QED) is 0.670. The van der Waals surface area contributed by atoms with Crippen LogP contribution in [0.5, 0.6) is 5.75 Å². The molecule has 1 amide bonds. The number of nitrogens with zero attached hydrogens (tertiary/aromatic N) is 2. The zero-order valence-electron chi connectivity index (χ0n) is 13.5. The number of benzene rings is 1. The lowest BCUT2D eigenvalue weighted by molar-refractivity contribution is 0.0457. The number of hydrogen-bond donors (Lipinski definition) is 0. The minimum Gasteiger partial charge on any atom is -0.485 e. The van der Waals surface area contributed by atoms with Gasteiger partial charge in [-0.1, -0.05) is 11.2 Å². The van der Waals surface area contributed by atoms with Crippen molar-refractivity contribution in [1.29, 1.82) is 0 Å². The largest absolute Gasteiger partial charge is 0.485 e. The van der Waals surface area contributed by atoms with E-state index in [0.29, 0.717) is 12.3 Å². The Bertz CT molecular complexity index is 926. The van der Waals surface area contributed by atoms with E-state index in [1.54, 1.807) is 16.2 Å². The van der Waals surface area contributed by atoms with Gasteiger partial charge in [-0.15, -0.1) is 11.3 Å². The van der Waals surface area contributed by atoms with E-state index in [1.165, 1.54) is 12.1 Å². The number of carbonyl (C=O) groups excluding carboxylic acids is 1. The molecular formula is C18H14F2N2O3S. The van der Waals surface area contributed by atoms with Gasteiger partial charge in [0.25, 0.3) is 5.91 Å². The molecule has 0 N–H and O–H groups in total. The molecule has 26 heavy (non-hydrogen) atoms. The van der Waals surface area contributed by atoms with E-state index >= 15 is 0 Å². The standard InChI is InChI=1S/C18H14F2N2O3S/c19-13-4-3-11(8-14(13)20)24-10-12-9-15(21-25-12)18(23)22-6-5-16(22)17-2-1-7-26-17/h1-4,7-9,16H,5-6,10H2. The third kappa shape index (κ3) is 3.20. The minimum absolute atomic E-state index is 0.0420. The summed E-state index contributed by atoms with van der Waals surface area (Å²) in [6.07, 6.45) is 0.927. The summed E-state index contributed by atoms with van der Waals surface area (Å²) in [7, 11) is 0. The summed E-state index contributed by atoms with van der Waals surface area (Å²) in [5, 5.41) is 5.79. The van der Waals surface area contributed by atoms with Crippen molar-refractivity contribution in [1.82, 2.24) is 10.1 Å². The first-order valence-electron chi connectivity index (χ1n) is 7.99. The van der Waals surface area contributed by atoms with E-state index < -0.39 is 11.6 Å². The number of aromatic nitrogens is 1. The van der Waals surface area contributed by atoms with Gasteiger partial charge in [0.1, 0.15) is 12.4 Å². The first-order valence-corrected chi connectivity index (χ1v) is 8.87. The Morgan fingerprint density at radius 1 is 1.31 bits per heavy atom. The van der Waals surface area contributed by atoms with E-state index in [-0.39, 0.29) is 30.0 Å². The summed E-state index contributed by atoms with van der Waals surface area (Å²) in [5.41, 5.74) is 0.204. The molecule has 1 fully saturated rings. The molecule has 4 rings (SSSR count). The van der Waals surface area contributed by atoms with E-state index in [4.69, 9.17) is 9.26 Å². The van der Waals surface area contributed by atoms with Gasteiger partial charge in [-0.3, -0.25) is 4.79 Å². The Kier molecular flexibility index (Phi) is 4.42. The van der Waals surface area contributed by atoms with Crippen LogP contribution in [-0.4, -0.2) is 22.5 Å². The SMILES string of the molecule is O=C(c1cc(COc2ccc(F)c(F)c2)on1)N1CCC1c1cccs1.